The zero-order valence-electron chi connectivity index (χ0n) is 18.1. The van der Waals surface area contributed by atoms with Gasteiger partial charge in [0.15, 0.2) is 0 Å². The first-order valence-electron chi connectivity index (χ1n) is 10.4. The topological polar surface area (TPSA) is 56.8 Å². The fourth-order valence-corrected chi connectivity index (χ4v) is 3.84. The van der Waals surface area contributed by atoms with Gasteiger partial charge in [-0.05, 0) is 49.7 Å². The molecule has 1 heterocycles. The smallest absolute Gasteiger partial charge is 0.255 e. The van der Waals surface area contributed by atoms with Crippen LogP contribution in [0.3, 0.4) is 0 Å². The lowest BCUT2D eigenvalue weighted by molar-refractivity contribution is 0.0617. The summed E-state index contributed by atoms with van der Waals surface area (Å²) in [6.07, 6.45) is 0.645. The minimum atomic E-state index is -0.400. The number of rotatable bonds is 6. The summed E-state index contributed by atoms with van der Waals surface area (Å²) >= 11 is 0. The Morgan fingerprint density at radius 3 is 2.58 bits per heavy atom. The summed E-state index contributed by atoms with van der Waals surface area (Å²) in [7, 11) is 1.63. The van der Waals surface area contributed by atoms with E-state index in [4.69, 9.17) is 14.2 Å². The Labute approximate surface area is 183 Å². The van der Waals surface area contributed by atoms with Crippen LogP contribution >= 0.6 is 0 Å². The SMILES string of the molecule is COc1ccc2c(c1)[C@H](NC(=O)c1ccccc1OCc1ccccc1)CC(C)(C)O2. The van der Waals surface area contributed by atoms with E-state index in [0.29, 0.717) is 24.3 Å². The van der Waals surface area contributed by atoms with Crippen LogP contribution in [0.1, 0.15) is 47.8 Å². The van der Waals surface area contributed by atoms with Gasteiger partial charge in [0.25, 0.3) is 5.91 Å². The second-order valence-corrected chi connectivity index (χ2v) is 8.27. The maximum atomic E-state index is 13.3. The standard InChI is InChI=1S/C26H27NO4/c1-26(2)16-22(21-15-19(29-3)13-14-24(21)31-26)27-25(28)20-11-7-8-12-23(20)30-17-18-9-5-4-6-10-18/h4-15,22H,16-17H2,1-3H3,(H,27,28)/t22-/m1/s1. The molecule has 1 aliphatic heterocycles. The van der Waals surface area contributed by atoms with E-state index in [2.05, 4.69) is 5.32 Å². The normalized spacial score (nSPS) is 16.5. The van der Waals surface area contributed by atoms with Gasteiger partial charge in [0.05, 0.1) is 18.7 Å². The summed E-state index contributed by atoms with van der Waals surface area (Å²) in [6.45, 7) is 4.45. The van der Waals surface area contributed by atoms with E-state index < -0.39 is 5.60 Å². The van der Waals surface area contributed by atoms with Crippen molar-refractivity contribution in [3.05, 3.63) is 89.5 Å². The lowest BCUT2D eigenvalue weighted by Crippen LogP contribution is -2.41. The molecule has 3 aromatic rings. The highest BCUT2D eigenvalue weighted by Crippen LogP contribution is 2.41. The Balaban J connectivity index is 1.56. The third-order valence-corrected chi connectivity index (χ3v) is 5.35. The van der Waals surface area contributed by atoms with Crippen LogP contribution in [0, 0.1) is 0 Å². The van der Waals surface area contributed by atoms with Crippen LogP contribution in [0.5, 0.6) is 17.2 Å². The first kappa shape index (κ1) is 20.8. The molecule has 1 N–H and O–H groups in total. The van der Waals surface area contributed by atoms with Gasteiger partial charge in [-0.2, -0.15) is 0 Å². The molecule has 5 nitrogen and oxygen atoms in total. The van der Waals surface area contributed by atoms with Gasteiger partial charge in [0, 0.05) is 12.0 Å². The summed E-state index contributed by atoms with van der Waals surface area (Å²) in [4.78, 5) is 13.3. The number of benzene rings is 3. The summed E-state index contributed by atoms with van der Waals surface area (Å²) < 4.78 is 17.5. The van der Waals surface area contributed by atoms with E-state index in [1.807, 2.05) is 80.6 Å². The first-order chi connectivity index (χ1) is 14.9. The molecule has 0 unspecified atom stereocenters. The molecule has 0 radical (unpaired) electrons. The van der Waals surface area contributed by atoms with Gasteiger partial charge in [0.2, 0.25) is 0 Å². The second kappa shape index (κ2) is 8.72. The van der Waals surface area contributed by atoms with Crippen LogP contribution in [0.2, 0.25) is 0 Å². The molecule has 1 aliphatic rings. The van der Waals surface area contributed by atoms with Crippen LogP contribution in [0.25, 0.3) is 0 Å². The van der Waals surface area contributed by atoms with Crippen molar-refractivity contribution in [3.8, 4) is 17.2 Å². The minimum Gasteiger partial charge on any atom is -0.497 e. The predicted octanol–water partition coefficient (Wildman–Crippen LogP) is 5.31. The zero-order chi connectivity index (χ0) is 21.8. The van der Waals surface area contributed by atoms with E-state index in [-0.39, 0.29) is 11.9 Å². The Morgan fingerprint density at radius 2 is 1.81 bits per heavy atom. The number of ether oxygens (including phenoxy) is 3. The molecule has 0 aliphatic carbocycles. The number of nitrogens with one attached hydrogen (secondary N) is 1. The van der Waals surface area contributed by atoms with Crippen molar-refractivity contribution in [1.29, 1.82) is 0 Å². The number of para-hydroxylation sites is 1. The monoisotopic (exact) mass is 417 g/mol. The lowest BCUT2D eigenvalue weighted by atomic mass is 9.89. The molecule has 4 rings (SSSR count). The first-order valence-corrected chi connectivity index (χ1v) is 10.4. The van der Waals surface area contributed by atoms with Crippen LogP contribution < -0.4 is 19.5 Å². The van der Waals surface area contributed by atoms with Gasteiger partial charge in [-0.25, -0.2) is 0 Å². The molecule has 0 spiro atoms. The van der Waals surface area contributed by atoms with Gasteiger partial charge in [-0.15, -0.1) is 0 Å². The molecule has 0 saturated heterocycles. The number of hydrogen-bond acceptors (Lipinski definition) is 4. The summed E-state index contributed by atoms with van der Waals surface area (Å²) in [5.74, 6) is 1.87. The molecule has 3 aromatic carbocycles. The molecule has 1 amide bonds. The average Bonchev–Trinajstić information content (AvgIpc) is 2.77. The van der Waals surface area contributed by atoms with Crippen LogP contribution in [-0.4, -0.2) is 18.6 Å². The molecule has 0 saturated carbocycles. The maximum Gasteiger partial charge on any atom is 0.255 e. The van der Waals surface area contributed by atoms with E-state index in [1.165, 1.54) is 0 Å². The number of amides is 1. The van der Waals surface area contributed by atoms with Gasteiger partial charge < -0.3 is 19.5 Å². The quantitative estimate of drug-likeness (QED) is 0.591. The maximum absolute atomic E-state index is 13.3. The molecule has 0 bridgehead atoms. The summed E-state index contributed by atoms with van der Waals surface area (Å²) in [6, 6.07) is 22.7. The van der Waals surface area contributed by atoms with Crippen molar-refractivity contribution in [2.45, 2.75) is 38.5 Å². The third kappa shape index (κ3) is 4.82. The van der Waals surface area contributed by atoms with Gasteiger partial charge in [-0.1, -0.05) is 42.5 Å². The predicted molar refractivity (Wildman–Crippen MR) is 120 cm³/mol. The number of hydrogen-bond donors (Lipinski definition) is 1. The zero-order valence-corrected chi connectivity index (χ0v) is 18.1. The van der Waals surface area contributed by atoms with Crippen LogP contribution in [-0.2, 0) is 6.61 Å². The van der Waals surface area contributed by atoms with E-state index in [9.17, 15) is 4.79 Å². The molecule has 160 valence electrons. The highest BCUT2D eigenvalue weighted by atomic mass is 16.5. The Morgan fingerprint density at radius 1 is 1.06 bits per heavy atom. The molecular weight excluding hydrogens is 390 g/mol. The number of carbonyl (C=O) groups excluding carboxylic acids is 1. The number of carbonyl (C=O) groups is 1. The Kier molecular flexibility index (Phi) is 5.85. The van der Waals surface area contributed by atoms with Crippen molar-refractivity contribution in [1.82, 2.24) is 5.32 Å². The van der Waals surface area contributed by atoms with Gasteiger partial charge >= 0.3 is 0 Å². The van der Waals surface area contributed by atoms with E-state index >= 15 is 0 Å². The van der Waals surface area contributed by atoms with Crippen LogP contribution in [0.4, 0.5) is 0 Å². The fraction of sp³-hybridized carbons (Fsp3) is 0.269. The van der Waals surface area contributed by atoms with Crippen molar-refractivity contribution in [2.75, 3.05) is 7.11 Å². The van der Waals surface area contributed by atoms with Crippen molar-refractivity contribution >= 4 is 5.91 Å². The third-order valence-electron chi connectivity index (χ3n) is 5.35. The van der Waals surface area contributed by atoms with Crippen molar-refractivity contribution in [2.24, 2.45) is 0 Å². The Hall–Kier alpha value is -3.47. The largest absolute Gasteiger partial charge is 0.497 e. The van der Waals surface area contributed by atoms with E-state index in [1.54, 1.807) is 13.2 Å². The van der Waals surface area contributed by atoms with Crippen molar-refractivity contribution in [3.63, 3.8) is 0 Å². The molecule has 31 heavy (non-hydrogen) atoms. The molecule has 1 atom stereocenters. The molecule has 5 heteroatoms. The molecule has 0 fully saturated rings. The number of methoxy groups -OCH3 is 1. The van der Waals surface area contributed by atoms with Gasteiger partial charge in [0.1, 0.15) is 29.5 Å². The minimum absolute atomic E-state index is 0.180. The van der Waals surface area contributed by atoms with Crippen molar-refractivity contribution < 1.29 is 19.0 Å². The highest BCUT2D eigenvalue weighted by molar-refractivity contribution is 5.97. The summed E-state index contributed by atoms with van der Waals surface area (Å²) in [5, 5.41) is 3.18. The summed E-state index contributed by atoms with van der Waals surface area (Å²) in [5.41, 5.74) is 2.06. The Bertz CT molecular complexity index is 1060. The van der Waals surface area contributed by atoms with Gasteiger partial charge in [-0.3, -0.25) is 4.79 Å². The van der Waals surface area contributed by atoms with E-state index in [0.717, 1.165) is 22.6 Å². The fourth-order valence-electron chi connectivity index (χ4n) is 3.84. The lowest BCUT2D eigenvalue weighted by Gasteiger charge is -2.38. The second-order valence-electron chi connectivity index (χ2n) is 8.27. The van der Waals surface area contributed by atoms with Crippen LogP contribution in [0.15, 0.2) is 72.8 Å². The molecular formula is C26H27NO4. The number of fused-ring (bicyclic) bond motifs is 1. The average molecular weight is 418 g/mol. The molecule has 0 aromatic heterocycles. The highest BCUT2D eigenvalue weighted by Gasteiger charge is 2.35.